The highest BCUT2D eigenvalue weighted by Crippen LogP contribution is 2.24. The minimum atomic E-state index is -3.94. The van der Waals surface area contributed by atoms with Crippen LogP contribution in [0.4, 0.5) is 0 Å². The Morgan fingerprint density at radius 2 is 0.979 bits per heavy atom. The van der Waals surface area contributed by atoms with Crippen molar-refractivity contribution >= 4 is 81.8 Å². The maximum absolute atomic E-state index is 15.0. The lowest BCUT2D eigenvalue weighted by atomic mass is 9.94. The van der Waals surface area contributed by atoms with Gasteiger partial charge in [-0.25, -0.2) is 18.4 Å². The van der Waals surface area contributed by atoms with Crippen molar-refractivity contribution in [3.8, 4) is 0 Å². The Bertz CT molecular complexity index is 2670. The molecular formula is C65H114N14O14S2. The molecule has 3 rings (SSSR count). The first-order valence-electron chi connectivity index (χ1n) is 34.1. The van der Waals surface area contributed by atoms with E-state index >= 15 is 0 Å². The molecule has 0 saturated heterocycles. The van der Waals surface area contributed by atoms with Crippen LogP contribution in [0.3, 0.4) is 0 Å². The van der Waals surface area contributed by atoms with Crippen LogP contribution in [0.1, 0.15) is 149 Å². The number of unbranched alkanes of at least 4 members (excludes halogenated alkanes) is 3. The zero-order valence-electron chi connectivity index (χ0n) is 57.3. The van der Waals surface area contributed by atoms with E-state index in [1.54, 1.807) is 19.1 Å². The molecule has 2 fully saturated rings. The number of ether oxygens (including phenoxy) is 1. The number of nitrogens with one attached hydrogen (secondary N) is 2. The monoisotopic (exact) mass is 1380 g/mol. The van der Waals surface area contributed by atoms with Gasteiger partial charge in [0.05, 0.1) is 50.7 Å². The van der Waals surface area contributed by atoms with Crippen LogP contribution in [-0.2, 0) is 69.1 Å². The van der Waals surface area contributed by atoms with Crippen LogP contribution in [-0.4, -0.2) is 267 Å². The molecule has 540 valence electrons. The van der Waals surface area contributed by atoms with Gasteiger partial charge in [0.25, 0.3) is 0 Å². The normalized spacial score (nSPS) is 14.0. The SMILES string of the molecule is CCOCN(CC(=O)N(CCCCN)CC(=O)NC(CCS)C(=O)O)C(=O)CN(CCCCN)C(=O)CN(CC(C)C)C(=O)CN(CC(C)C)C(=O)CN(C(=O)CN(CCCCN)C(=O)CN(CCc1ccc(S(N)(=O)=O)cc1)C(=O)CNC1CCCCC1)C1CCCCC1. The Labute approximate surface area is 569 Å². The van der Waals surface area contributed by atoms with Crippen LogP contribution < -0.4 is 33.0 Å². The second-order valence-corrected chi connectivity index (χ2v) is 27.7. The minimum Gasteiger partial charge on any atom is -0.480 e. The summed E-state index contributed by atoms with van der Waals surface area (Å²) in [6, 6.07) is 4.55. The van der Waals surface area contributed by atoms with Gasteiger partial charge in [-0.2, -0.15) is 12.6 Å². The number of nitrogens with two attached hydrogens (primary N) is 4. The number of rotatable bonds is 47. The van der Waals surface area contributed by atoms with Gasteiger partial charge in [-0.05, 0) is 139 Å². The molecule has 1 atom stereocenters. The average molecular weight is 1380 g/mol. The summed E-state index contributed by atoms with van der Waals surface area (Å²) in [6.45, 7) is 6.81. The van der Waals surface area contributed by atoms with Crippen LogP contribution in [0.2, 0.25) is 0 Å². The van der Waals surface area contributed by atoms with Crippen molar-refractivity contribution in [3.05, 3.63) is 29.8 Å². The number of carboxylic acids is 1. The maximum atomic E-state index is 15.0. The quantitative estimate of drug-likeness (QED) is 0.0258. The molecule has 30 heteroatoms. The fourth-order valence-electron chi connectivity index (χ4n) is 11.5. The number of carbonyl (C=O) groups excluding carboxylic acids is 9. The first-order valence-corrected chi connectivity index (χ1v) is 36.3. The molecular weight excluding hydrogens is 1260 g/mol. The van der Waals surface area contributed by atoms with Crippen molar-refractivity contribution in [3.63, 3.8) is 0 Å². The van der Waals surface area contributed by atoms with E-state index in [4.69, 9.17) is 27.1 Å². The standard InChI is InChI=1S/C65H114N14O14S2/c1-6-93-48-78(45-60(84)72(32-16-13-29-66)40-56(80)71-55(28-36-94)65(89)90)62(86)42-73(33-17-14-30-67)59(83)43-76(38-49(2)3)61(85)44-77(39-50(4)5)63(87)47-79(53-21-11-8-12-22-53)64(88)46-74(34-18-15-31-68)58(82)41-75(57(81)37-70-52-19-9-7-10-20-52)35-27-51-23-25-54(26-24-51)95(69,91)92/h23-26,49-50,52-53,55,70,94H,6-22,27-48,66-68H2,1-5H3,(H,71,80)(H,89,90)(H2,69,91,92). The zero-order chi connectivity index (χ0) is 70.5. The van der Waals surface area contributed by atoms with Gasteiger partial charge < -0.3 is 76.9 Å². The highest BCUT2D eigenvalue weighted by atomic mass is 32.2. The Hall–Kier alpha value is -6.02. The fourth-order valence-corrected chi connectivity index (χ4v) is 12.3. The molecule has 11 N–H and O–H groups in total. The molecule has 0 heterocycles. The first kappa shape index (κ1) is 83.2. The topological polar surface area (TPSA) is 388 Å². The first-order chi connectivity index (χ1) is 45.2. The summed E-state index contributed by atoms with van der Waals surface area (Å²) in [7, 11) is -3.94. The van der Waals surface area contributed by atoms with Crippen molar-refractivity contribution in [2.75, 3.05) is 137 Å². The summed E-state index contributed by atoms with van der Waals surface area (Å²) in [5.41, 5.74) is 18.2. The van der Waals surface area contributed by atoms with Gasteiger partial charge in [0.15, 0.2) is 0 Å². The second-order valence-electron chi connectivity index (χ2n) is 25.7. The predicted octanol–water partition coefficient (Wildman–Crippen LogP) is 1.17. The number of carboxylic acid groups (broad SMARTS) is 1. The third-order valence-corrected chi connectivity index (χ3v) is 18.0. The summed E-state index contributed by atoms with van der Waals surface area (Å²) >= 11 is 4.09. The van der Waals surface area contributed by atoms with E-state index in [2.05, 4.69) is 23.3 Å². The molecule has 2 aliphatic rings. The smallest absolute Gasteiger partial charge is 0.326 e. The predicted molar refractivity (Wildman–Crippen MR) is 365 cm³/mol. The Balaban J connectivity index is 1.93. The highest BCUT2D eigenvalue weighted by molar-refractivity contribution is 7.89. The van der Waals surface area contributed by atoms with Gasteiger partial charge in [0.2, 0.25) is 63.2 Å². The van der Waals surface area contributed by atoms with E-state index in [0.29, 0.717) is 70.0 Å². The highest BCUT2D eigenvalue weighted by Gasteiger charge is 2.35. The lowest BCUT2D eigenvalue weighted by Gasteiger charge is -2.37. The Morgan fingerprint density at radius 3 is 1.43 bits per heavy atom. The molecule has 1 unspecified atom stereocenters. The van der Waals surface area contributed by atoms with Gasteiger partial charge in [0.1, 0.15) is 25.9 Å². The van der Waals surface area contributed by atoms with Gasteiger partial charge in [-0.3, -0.25) is 43.2 Å². The number of hydrogen-bond donors (Lipinski definition) is 8. The molecule has 0 aliphatic heterocycles. The minimum absolute atomic E-state index is 0.0121. The summed E-state index contributed by atoms with van der Waals surface area (Å²) in [5.74, 6) is -6.38. The molecule has 28 nitrogen and oxygen atoms in total. The van der Waals surface area contributed by atoms with E-state index in [9.17, 15) is 61.5 Å². The van der Waals surface area contributed by atoms with Gasteiger partial charge in [-0.1, -0.05) is 78.4 Å². The molecule has 2 saturated carbocycles. The van der Waals surface area contributed by atoms with Crippen molar-refractivity contribution < 1.29 is 66.2 Å². The molecule has 1 aromatic carbocycles. The van der Waals surface area contributed by atoms with Crippen molar-refractivity contribution in [2.45, 2.75) is 173 Å². The van der Waals surface area contributed by atoms with Gasteiger partial charge in [-0.15, -0.1) is 0 Å². The molecule has 2 aliphatic carbocycles. The lowest BCUT2D eigenvalue weighted by molar-refractivity contribution is -0.151. The Kier molecular flexibility index (Phi) is 39.8. The second kappa shape index (κ2) is 45.5. The van der Waals surface area contributed by atoms with E-state index < -0.39 is 115 Å². The van der Waals surface area contributed by atoms with Crippen molar-refractivity contribution in [2.24, 2.45) is 34.2 Å². The average Bonchev–Trinajstić information content (AvgIpc) is 0.878. The van der Waals surface area contributed by atoms with Gasteiger partial charge >= 0.3 is 5.97 Å². The van der Waals surface area contributed by atoms with Crippen LogP contribution in [0.5, 0.6) is 0 Å². The van der Waals surface area contributed by atoms with Crippen molar-refractivity contribution in [1.82, 2.24) is 49.8 Å². The number of benzene rings is 1. The molecule has 0 radical (unpaired) electrons. The summed E-state index contributed by atoms with van der Waals surface area (Å²) in [4.78, 5) is 152. The number of hydrogen-bond acceptors (Lipinski definition) is 18. The van der Waals surface area contributed by atoms with Crippen LogP contribution >= 0.6 is 12.6 Å². The number of aliphatic carboxylic acids is 1. The summed E-state index contributed by atoms with van der Waals surface area (Å²) < 4.78 is 29.6. The summed E-state index contributed by atoms with van der Waals surface area (Å²) in [6.07, 6.45) is 11.9. The third kappa shape index (κ3) is 32.3. The van der Waals surface area contributed by atoms with E-state index in [1.807, 2.05) is 27.7 Å². The number of thiol groups is 1. The molecule has 95 heavy (non-hydrogen) atoms. The summed E-state index contributed by atoms with van der Waals surface area (Å²) in [5, 5.41) is 20.8. The zero-order valence-corrected chi connectivity index (χ0v) is 59.0. The molecule has 0 bridgehead atoms. The Morgan fingerprint density at radius 1 is 0.558 bits per heavy atom. The van der Waals surface area contributed by atoms with Crippen LogP contribution in [0, 0.1) is 11.8 Å². The lowest BCUT2D eigenvalue weighted by Crippen LogP contribution is -2.55. The maximum Gasteiger partial charge on any atom is 0.326 e. The molecule has 0 spiro atoms. The number of carbonyl (C=O) groups is 10. The van der Waals surface area contributed by atoms with Crippen molar-refractivity contribution in [1.29, 1.82) is 0 Å². The third-order valence-electron chi connectivity index (χ3n) is 16.8. The number of sulfonamides is 1. The van der Waals surface area contributed by atoms with Gasteiger partial charge in [0, 0.05) is 58.0 Å². The molecule has 0 aromatic heterocycles. The van der Waals surface area contributed by atoms with Crippen LogP contribution in [0.25, 0.3) is 0 Å². The number of amides is 9. The number of primary sulfonamides is 1. The van der Waals surface area contributed by atoms with E-state index in [0.717, 1.165) is 56.3 Å². The fraction of sp³-hybridized carbons (Fsp3) is 0.754. The number of nitrogens with zero attached hydrogens (tertiary/aromatic N) is 8. The van der Waals surface area contributed by atoms with E-state index in [1.165, 1.54) is 46.4 Å². The van der Waals surface area contributed by atoms with Crippen LogP contribution in [0.15, 0.2) is 29.2 Å². The molecule has 9 amide bonds. The largest absolute Gasteiger partial charge is 0.480 e. The van der Waals surface area contributed by atoms with E-state index in [-0.39, 0.29) is 126 Å². The molecule has 1 aromatic rings.